The zero-order valence-electron chi connectivity index (χ0n) is 14.4. The highest BCUT2D eigenvalue weighted by atomic mass is 16.5. The number of ether oxygens (including phenoxy) is 1. The molecule has 1 aliphatic rings. The monoisotopic (exact) mass is 346 g/mol. The molecule has 6 heteroatoms. The molecular weight excluding hydrogens is 328 g/mol. The van der Waals surface area contributed by atoms with E-state index in [-0.39, 0.29) is 18.6 Å². The zero-order valence-corrected chi connectivity index (χ0v) is 14.4. The predicted octanol–water partition coefficient (Wildman–Crippen LogP) is 2.95. The van der Waals surface area contributed by atoms with E-state index in [9.17, 15) is 4.79 Å². The van der Waals surface area contributed by atoms with Gasteiger partial charge in [-0.05, 0) is 23.3 Å². The lowest BCUT2D eigenvalue weighted by atomic mass is 9.98. The van der Waals surface area contributed by atoms with Crippen molar-refractivity contribution < 1.29 is 9.53 Å². The fourth-order valence-electron chi connectivity index (χ4n) is 3.18. The molecule has 0 saturated carbocycles. The van der Waals surface area contributed by atoms with Crippen LogP contribution in [0.15, 0.2) is 66.0 Å². The van der Waals surface area contributed by atoms with Gasteiger partial charge >= 0.3 is 0 Å². The number of methoxy groups -OCH3 is 1. The number of rotatable bonds is 4. The summed E-state index contributed by atoms with van der Waals surface area (Å²) in [7, 11) is 1.51. The van der Waals surface area contributed by atoms with Crippen LogP contribution in [0.4, 0.5) is 0 Å². The summed E-state index contributed by atoms with van der Waals surface area (Å²) in [5, 5.41) is 6.13. The molecule has 6 nitrogen and oxygen atoms in total. The van der Waals surface area contributed by atoms with Crippen molar-refractivity contribution in [3.63, 3.8) is 0 Å². The van der Waals surface area contributed by atoms with Crippen LogP contribution in [0.3, 0.4) is 0 Å². The second-order valence-electron chi connectivity index (χ2n) is 6.11. The van der Waals surface area contributed by atoms with Crippen molar-refractivity contribution >= 4 is 22.7 Å². The molecule has 2 heterocycles. The van der Waals surface area contributed by atoms with Crippen LogP contribution in [0.5, 0.6) is 0 Å². The lowest BCUT2D eigenvalue weighted by molar-refractivity contribution is -0.136. The Balaban J connectivity index is 1.72. The number of carbonyl (C=O) groups excluding carboxylic acids is 1. The Morgan fingerprint density at radius 1 is 1.12 bits per heavy atom. The van der Waals surface area contributed by atoms with Crippen LogP contribution in [0.2, 0.25) is 0 Å². The second-order valence-corrected chi connectivity index (χ2v) is 6.11. The fraction of sp³-hybridized carbons (Fsp3) is 0.200. The normalized spacial score (nSPS) is 16.7. The molecule has 0 saturated heterocycles. The number of aromatic nitrogens is 2. The van der Waals surface area contributed by atoms with Crippen LogP contribution in [-0.2, 0) is 9.53 Å². The second kappa shape index (κ2) is 7.01. The minimum Gasteiger partial charge on any atom is -0.375 e. The Morgan fingerprint density at radius 2 is 1.88 bits per heavy atom. The van der Waals surface area contributed by atoms with Crippen molar-refractivity contribution in [1.29, 1.82) is 0 Å². The van der Waals surface area contributed by atoms with Gasteiger partial charge in [-0.25, -0.2) is 5.01 Å². The Morgan fingerprint density at radius 3 is 2.65 bits per heavy atom. The van der Waals surface area contributed by atoms with E-state index in [1.807, 2.05) is 48.5 Å². The summed E-state index contributed by atoms with van der Waals surface area (Å²) >= 11 is 0. The van der Waals surface area contributed by atoms with Gasteiger partial charge in [0.25, 0.3) is 5.91 Å². The van der Waals surface area contributed by atoms with Crippen molar-refractivity contribution in [1.82, 2.24) is 15.0 Å². The largest absolute Gasteiger partial charge is 0.375 e. The first kappa shape index (κ1) is 16.4. The molecule has 2 aromatic carbocycles. The molecule has 0 fully saturated rings. The van der Waals surface area contributed by atoms with E-state index in [1.54, 1.807) is 12.4 Å². The highest BCUT2D eigenvalue weighted by Gasteiger charge is 2.33. The van der Waals surface area contributed by atoms with Crippen molar-refractivity contribution in [2.45, 2.75) is 12.5 Å². The topological polar surface area (TPSA) is 67.7 Å². The molecule has 0 N–H and O–H groups in total. The first-order valence-electron chi connectivity index (χ1n) is 8.41. The molecule has 1 amide bonds. The third-order valence-corrected chi connectivity index (χ3v) is 4.42. The molecule has 130 valence electrons. The summed E-state index contributed by atoms with van der Waals surface area (Å²) in [5.41, 5.74) is 4.52. The van der Waals surface area contributed by atoms with Gasteiger partial charge in [0, 0.05) is 25.9 Å². The van der Waals surface area contributed by atoms with Crippen molar-refractivity contribution in [3.8, 4) is 0 Å². The molecule has 0 aliphatic carbocycles. The highest BCUT2D eigenvalue weighted by molar-refractivity contribution is 6.03. The zero-order chi connectivity index (χ0) is 17.9. The lowest BCUT2D eigenvalue weighted by Crippen LogP contribution is -2.30. The molecular formula is C20H18N4O2. The van der Waals surface area contributed by atoms with Gasteiger partial charge < -0.3 is 4.74 Å². The Hall–Kier alpha value is -3.12. The van der Waals surface area contributed by atoms with Crippen LogP contribution >= 0.6 is 0 Å². The molecule has 3 aromatic rings. The molecule has 1 aromatic heterocycles. The first-order valence-corrected chi connectivity index (χ1v) is 8.41. The minimum absolute atomic E-state index is 0.00451. The average molecular weight is 346 g/mol. The van der Waals surface area contributed by atoms with Crippen LogP contribution < -0.4 is 0 Å². The summed E-state index contributed by atoms with van der Waals surface area (Å²) in [5.74, 6) is -0.164. The smallest absolute Gasteiger partial charge is 0.269 e. The van der Waals surface area contributed by atoms with Crippen molar-refractivity contribution in [2.75, 3.05) is 13.7 Å². The molecule has 1 aliphatic heterocycles. The number of nitrogens with zero attached hydrogens (tertiary/aromatic N) is 4. The number of carbonyl (C=O) groups is 1. The van der Waals surface area contributed by atoms with Crippen LogP contribution in [0.1, 0.15) is 23.6 Å². The Bertz CT molecular complexity index is 972. The maximum absolute atomic E-state index is 12.5. The number of fused-ring (bicyclic) bond motifs is 1. The van der Waals surface area contributed by atoms with Gasteiger partial charge in [0.15, 0.2) is 0 Å². The van der Waals surface area contributed by atoms with Gasteiger partial charge in [-0.3, -0.25) is 14.8 Å². The van der Waals surface area contributed by atoms with E-state index in [2.05, 4.69) is 15.1 Å². The summed E-state index contributed by atoms with van der Waals surface area (Å²) in [6.07, 6.45) is 3.98. The van der Waals surface area contributed by atoms with Gasteiger partial charge in [0.2, 0.25) is 0 Å². The van der Waals surface area contributed by atoms with Crippen molar-refractivity contribution in [2.24, 2.45) is 5.10 Å². The van der Waals surface area contributed by atoms with E-state index in [0.717, 1.165) is 27.9 Å². The molecule has 4 rings (SSSR count). The number of amides is 1. The third-order valence-electron chi connectivity index (χ3n) is 4.42. The number of hydrogen-bond donors (Lipinski definition) is 0. The molecule has 0 unspecified atom stereocenters. The molecule has 1 atom stereocenters. The van der Waals surface area contributed by atoms with E-state index in [1.165, 1.54) is 12.1 Å². The third kappa shape index (κ3) is 3.07. The maximum atomic E-state index is 12.5. The van der Waals surface area contributed by atoms with E-state index < -0.39 is 0 Å². The number of hydrogen-bond acceptors (Lipinski definition) is 5. The summed E-state index contributed by atoms with van der Waals surface area (Å²) < 4.78 is 5.03. The highest BCUT2D eigenvalue weighted by Crippen LogP contribution is 2.33. The van der Waals surface area contributed by atoms with Gasteiger partial charge in [-0.15, -0.1) is 0 Å². The number of benzene rings is 2. The number of hydrazone groups is 1. The van der Waals surface area contributed by atoms with Gasteiger partial charge in [0.1, 0.15) is 6.61 Å². The van der Waals surface area contributed by atoms with Crippen LogP contribution in [0, 0.1) is 0 Å². The Labute approximate surface area is 151 Å². The quantitative estimate of drug-likeness (QED) is 0.728. The van der Waals surface area contributed by atoms with Crippen LogP contribution in [-0.4, -0.2) is 40.3 Å². The molecule has 0 radical (unpaired) electrons. The SMILES string of the molecule is COCC(=O)N1N=C(c2ccccc2)C[C@H]1c1ccc2nccnc2c1. The van der Waals surface area contributed by atoms with E-state index in [4.69, 9.17) is 4.74 Å². The van der Waals surface area contributed by atoms with Crippen LogP contribution in [0.25, 0.3) is 11.0 Å². The van der Waals surface area contributed by atoms with Gasteiger partial charge in [0.05, 0.1) is 22.8 Å². The minimum atomic E-state index is -0.181. The lowest BCUT2D eigenvalue weighted by Gasteiger charge is -2.21. The van der Waals surface area contributed by atoms with Gasteiger partial charge in [-0.1, -0.05) is 36.4 Å². The molecule has 26 heavy (non-hydrogen) atoms. The Kier molecular flexibility index (Phi) is 4.41. The van der Waals surface area contributed by atoms with E-state index >= 15 is 0 Å². The fourth-order valence-corrected chi connectivity index (χ4v) is 3.18. The maximum Gasteiger partial charge on any atom is 0.269 e. The first-order chi connectivity index (χ1) is 12.8. The molecule has 0 spiro atoms. The molecule has 0 bridgehead atoms. The average Bonchev–Trinajstić information content (AvgIpc) is 3.14. The standard InChI is InChI=1S/C20H18N4O2/c1-26-13-20(25)24-19(12-17(23-24)14-5-3-2-4-6-14)15-7-8-16-18(11-15)22-10-9-21-16/h2-11,19H,12-13H2,1H3/t19-/m0/s1. The predicted molar refractivity (Wildman–Crippen MR) is 98.6 cm³/mol. The van der Waals surface area contributed by atoms with E-state index in [0.29, 0.717) is 6.42 Å². The van der Waals surface area contributed by atoms with Crippen molar-refractivity contribution in [3.05, 3.63) is 72.1 Å². The summed E-state index contributed by atoms with van der Waals surface area (Å²) in [4.78, 5) is 21.2. The summed E-state index contributed by atoms with van der Waals surface area (Å²) in [6, 6.07) is 15.6. The summed E-state index contributed by atoms with van der Waals surface area (Å²) in [6.45, 7) is -0.00451. The van der Waals surface area contributed by atoms with Gasteiger partial charge in [-0.2, -0.15) is 5.10 Å².